The summed E-state index contributed by atoms with van der Waals surface area (Å²) in [5.41, 5.74) is 1.11. The summed E-state index contributed by atoms with van der Waals surface area (Å²) in [6.07, 6.45) is 0.291. The molecule has 1 aromatic rings. The molecule has 0 bridgehead atoms. The molecule has 2 amide bonds. The van der Waals surface area contributed by atoms with Crippen molar-refractivity contribution in [2.24, 2.45) is 5.92 Å². The number of ether oxygens (including phenoxy) is 1. The van der Waals surface area contributed by atoms with Crippen LogP contribution in [0, 0.1) is 5.92 Å². The summed E-state index contributed by atoms with van der Waals surface area (Å²) >= 11 is 0. The Labute approximate surface area is 150 Å². The maximum atomic E-state index is 13.1. The Bertz CT molecular complexity index is 586. The second-order valence-corrected chi connectivity index (χ2v) is 7.40. The number of likely N-dealkylation sites (N-methyl/N-ethyl adjacent to an activating group) is 1. The van der Waals surface area contributed by atoms with Crippen LogP contribution in [0.4, 0.5) is 0 Å². The molecule has 138 valence electrons. The first kappa shape index (κ1) is 19.4. The lowest BCUT2D eigenvalue weighted by atomic mass is 9.91. The van der Waals surface area contributed by atoms with E-state index in [0.29, 0.717) is 6.61 Å². The van der Waals surface area contributed by atoms with Crippen molar-refractivity contribution in [3.05, 3.63) is 35.9 Å². The van der Waals surface area contributed by atoms with E-state index in [1.807, 2.05) is 58.0 Å². The molecule has 0 saturated carbocycles. The number of benzene rings is 1. The summed E-state index contributed by atoms with van der Waals surface area (Å²) in [4.78, 5) is 27.2. The average molecular weight is 346 g/mol. The van der Waals surface area contributed by atoms with E-state index >= 15 is 0 Å². The zero-order valence-corrected chi connectivity index (χ0v) is 15.9. The van der Waals surface area contributed by atoms with E-state index in [0.717, 1.165) is 12.0 Å². The molecule has 1 aliphatic rings. The summed E-state index contributed by atoms with van der Waals surface area (Å²) in [6, 6.07) is 9.52. The molecule has 1 N–H and O–H groups in total. The minimum absolute atomic E-state index is 0.0179. The van der Waals surface area contributed by atoms with Gasteiger partial charge in [-0.1, -0.05) is 44.2 Å². The van der Waals surface area contributed by atoms with Gasteiger partial charge in [0.1, 0.15) is 12.1 Å². The molecular weight excluding hydrogens is 316 g/mol. The standard InChI is InChI=1S/C20H30N2O3/c1-13(2)17(19(23)21-14(3)4)22(5)20(24)18-16(11-12-25-18)15-9-7-6-8-10-15/h6-10,13-14,16-18H,11-12H2,1-5H3,(H,21,23). The van der Waals surface area contributed by atoms with Crippen LogP contribution in [0.3, 0.4) is 0 Å². The number of amides is 2. The minimum Gasteiger partial charge on any atom is -0.368 e. The Morgan fingerprint density at radius 3 is 2.36 bits per heavy atom. The van der Waals surface area contributed by atoms with Gasteiger partial charge in [-0.15, -0.1) is 0 Å². The van der Waals surface area contributed by atoms with E-state index in [4.69, 9.17) is 4.74 Å². The number of hydrogen-bond donors (Lipinski definition) is 1. The van der Waals surface area contributed by atoms with Gasteiger partial charge in [-0.3, -0.25) is 9.59 Å². The Kier molecular flexibility index (Phi) is 6.59. The van der Waals surface area contributed by atoms with Crippen molar-refractivity contribution in [1.82, 2.24) is 10.2 Å². The van der Waals surface area contributed by atoms with Gasteiger partial charge in [0.05, 0.1) is 0 Å². The van der Waals surface area contributed by atoms with Crippen molar-refractivity contribution < 1.29 is 14.3 Å². The number of hydrogen-bond acceptors (Lipinski definition) is 3. The highest BCUT2D eigenvalue weighted by Crippen LogP contribution is 2.32. The molecule has 25 heavy (non-hydrogen) atoms. The molecule has 1 fully saturated rings. The molecular formula is C20H30N2O3. The van der Waals surface area contributed by atoms with Crippen LogP contribution in [0.15, 0.2) is 30.3 Å². The van der Waals surface area contributed by atoms with Crippen LogP contribution in [0.25, 0.3) is 0 Å². The number of rotatable bonds is 6. The fourth-order valence-corrected chi connectivity index (χ4v) is 3.51. The van der Waals surface area contributed by atoms with Gasteiger partial charge in [-0.25, -0.2) is 0 Å². The Balaban J connectivity index is 2.17. The summed E-state index contributed by atoms with van der Waals surface area (Å²) in [5, 5.41) is 2.92. The quantitative estimate of drug-likeness (QED) is 0.861. The van der Waals surface area contributed by atoms with Crippen LogP contribution < -0.4 is 5.32 Å². The Morgan fingerprint density at radius 2 is 1.80 bits per heavy atom. The fourth-order valence-electron chi connectivity index (χ4n) is 3.51. The molecule has 5 heteroatoms. The fraction of sp³-hybridized carbons (Fsp3) is 0.600. The maximum Gasteiger partial charge on any atom is 0.252 e. The molecule has 3 atom stereocenters. The third-order valence-corrected chi connectivity index (χ3v) is 4.66. The summed E-state index contributed by atoms with van der Waals surface area (Å²) in [6.45, 7) is 8.32. The van der Waals surface area contributed by atoms with Crippen LogP contribution in [-0.2, 0) is 14.3 Å². The van der Waals surface area contributed by atoms with Gasteiger partial charge in [-0.2, -0.15) is 0 Å². The molecule has 1 aliphatic heterocycles. The van der Waals surface area contributed by atoms with Gasteiger partial charge in [-0.05, 0) is 31.7 Å². The number of carbonyl (C=O) groups excluding carboxylic acids is 2. The first-order valence-electron chi connectivity index (χ1n) is 9.06. The lowest BCUT2D eigenvalue weighted by Crippen LogP contribution is -2.54. The van der Waals surface area contributed by atoms with Crippen LogP contribution in [0.2, 0.25) is 0 Å². The van der Waals surface area contributed by atoms with Gasteiger partial charge >= 0.3 is 0 Å². The van der Waals surface area contributed by atoms with Crippen LogP contribution in [0.1, 0.15) is 45.6 Å². The van der Waals surface area contributed by atoms with E-state index in [9.17, 15) is 9.59 Å². The smallest absolute Gasteiger partial charge is 0.252 e. The van der Waals surface area contributed by atoms with E-state index in [-0.39, 0.29) is 29.7 Å². The minimum atomic E-state index is -0.527. The molecule has 5 nitrogen and oxygen atoms in total. The first-order valence-corrected chi connectivity index (χ1v) is 9.06. The molecule has 2 rings (SSSR count). The van der Waals surface area contributed by atoms with Gasteiger partial charge in [0.15, 0.2) is 0 Å². The molecule has 0 aromatic heterocycles. The van der Waals surface area contributed by atoms with Crippen LogP contribution in [-0.4, -0.2) is 48.6 Å². The third kappa shape index (κ3) is 4.60. The zero-order valence-electron chi connectivity index (χ0n) is 15.9. The average Bonchev–Trinajstić information content (AvgIpc) is 3.03. The first-order chi connectivity index (χ1) is 11.8. The SMILES string of the molecule is CC(C)NC(=O)C(C(C)C)N(C)C(=O)C1OCCC1c1ccccc1. The Morgan fingerprint density at radius 1 is 1.16 bits per heavy atom. The molecule has 0 radical (unpaired) electrons. The molecule has 0 spiro atoms. The van der Waals surface area contributed by atoms with Crippen LogP contribution >= 0.6 is 0 Å². The lowest BCUT2D eigenvalue weighted by Gasteiger charge is -2.33. The van der Waals surface area contributed by atoms with E-state index < -0.39 is 12.1 Å². The van der Waals surface area contributed by atoms with Crippen molar-refractivity contribution in [2.45, 2.75) is 58.2 Å². The third-order valence-electron chi connectivity index (χ3n) is 4.66. The van der Waals surface area contributed by atoms with Crippen molar-refractivity contribution in [2.75, 3.05) is 13.7 Å². The topological polar surface area (TPSA) is 58.6 Å². The second-order valence-electron chi connectivity index (χ2n) is 7.40. The van der Waals surface area contributed by atoms with Crippen molar-refractivity contribution in [3.63, 3.8) is 0 Å². The highest BCUT2D eigenvalue weighted by Gasteiger charge is 2.40. The highest BCUT2D eigenvalue weighted by atomic mass is 16.5. The van der Waals surface area contributed by atoms with Gasteiger partial charge < -0.3 is 15.0 Å². The predicted molar refractivity (Wildman–Crippen MR) is 98.2 cm³/mol. The summed E-state index contributed by atoms with van der Waals surface area (Å²) in [7, 11) is 1.70. The van der Waals surface area contributed by atoms with Gasteiger partial charge in [0.25, 0.3) is 5.91 Å². The number of carbonyl (C=O) groups is 2. The summed E-state index contributed by atoms with van der Waals surface area (Å²) in [5.74, 6) is -0.180. The zero-order chi connectivity index (χ0) is 18.6. The Hall–Kier alpha value is -1.88. The maximum absolute atomic E-state index is 13.1. The van der Waals surface area contributed by atoms with Crippen LogP contribution in [0.5, 0.6) is 0 Å². The number of nitrogens with zero attached hydrogens (tertiary/aromatic N) is 1. The van der Waals surface area contributed by atoms with Crippen molar-refractivity contribution in [3.8, 4) is 0 Å². The predicted octanol–water partition coefficient (Wildman–Crippen LogP) is 2.57. The summed E-state index contributed by atoms with van der Waals surface area (Å²) < 4.78 is 5.77. The largest absolute Gasteiger partial charge is 0.368 e. The van der Waals surface area contributed by atoms with Crippen molar-refractivity contribution >= 4 is 11.8 Å². The van der Waals surface area contributed by atoms with Gasteiger partial charge in [0.2, 0.25) is 5.91 Å². The number of nitrogens with one attached hydrogen (secondary N) is 1. The van der Waals surface area contributed by atoms with E-state index in [1.54, 1.807) is 11.9 Å². The molecule has 1 saturated heterocycles. The monoisotopic (exact) mass is 346 g/mol. The van der Waals surface area contributed by atoms with Gasteiger partial charge in [0, 0.05) is 25.6 Å². The molecule has 1 aromatic carbocycles. The van der Waals surface area contributed by atoms with Crippen molar-refractivity contribution in [1.29, 1.82) is 0 Å². The highest BCUT2D eigenvalue weighted by molar-refractivity contribution is 5.90. The second kappa shape index (κ2) is 8.48. The van der Waals surface area contributed by atoms with E-state index in [2.05, 4.69) is 5.32 Å². The molecule has 0 aliphatic carbocycles. The lowest BCUT2D eigenvalue weighted by molar-refractivity contribution is -0.148. The van der Waals surface area contributed by atoms with E-state index in [1.165, 1.54) is 0 Å². The normalized spacial score (nSPS) is 21.4. The molecule has 3 unspecified atom stereocenters. The molecule has 1 heterocycles.